The van der Waals surface area contributed by atoms with Gasteiger partial charge in [0.15, 0.2) is 0 Å². The number of hydrogen-bond donors (Lipinski definition) is 3. The highest BCUT2D eigenvalue weighted by Crippen LogP contribution is 2.30. The van der Waals surface area contributed by atoms with E-state index in [1.165, 1.54) is 6.07 Å². The zero-order valence-electron chi connectivity index (χ0n) is 19.5. The van der Waals surface area contributed by atoms with Crippen molar-refractivity contribution in [1.29, 1.82) is 0 Å². The number of pyridine rings is 1. The Kier molecular flexibility index (Phi) is 7.02. The average Bonchev–Trinajstić information content (AvgIpc) is 3.14. The van der Waals surface area contributed by atoms with Crippen LogP contribution in [0.2, 0.25) is 0 Å². The molecule has 178 valence electrons. The summed E-state index contributed by atoms with van der Waals surface area (Å²) >= 11 is 0. The van der Waals surface area contributed by atoms with Gasteiger partial charge in [-0.2, -0.15) is 0 Å². The Hall–Kier alpha value is -3.07. The number of aromatic amines is 1. The summed E-state index contributed by atoms with van der Waals surface area (Å²) in [6, 6.07) is 3.53. The molecule has 2 heterocycles. The minimum Gasteiger partial charge on any atom is -0.342 e. The van der Waals surface area contributed by atoms with Gasteiger partial charge >= 0.3 is 0 Å². The van der Waals surface area contributed by atoms with E-state index in [1.807, 2.05) is 20.8 Å². The monoisotopic (exact) mass is 460 g/mol. The van der Waals surface area contributed by atoms with Crippen molar-refractivity contribution in [2.75, 3.05) is 18.5 Å². The highest BCUT2D eigenvalue weighted by atomic mass is 19.1. The van der Waals surface area contributed by atoms with E-state index < -0.39 is 29.1 Å². The van der Waals surface area contributed by atoms with Crippen LogP contribution in [0.4, 0.5) is 14.5 Å². The number of halogens is 2. The molecule has 0 fully saturated rings. The number of anilines is 1. The van der Waals surface area contributed by atoms with E-state index in [9.17, 15) is 23.2 Å². The van der Waals surface area contributed by atoms with Crippen molar-refractivity contribution in [3.63, 3.8) is 0 Å². The lowest BCUT2D eigenvalue weighted by atomic mass is 9.85. The number of benzene rings is 1. The van der Waals surface area contributed by atoms with Gasteiger partial charge in [-0.3, -0.25) is 14.4 Å². The smallest absolute Gasteiger partial charge is 0.251 e. The van der Waals surface area contributed by atoms with E-state index in [-0.39, 0.29) is 34.9 Å². The molecule has 0 aliphatic carbocycles. The number of hydrogen-bond acceptors (Lipinski definition) is 4. The molecule has 33 heavy (non-hydrogen) atoms. The van der Waals surface area contributed by atoms with Crippen LogP contribution in [0.5, 0.6) is 0 Å². The summed E-state index contributed by atoms with van der Waals surface area (Å²) in [4.78, 5) is 43.0. The third-order valence-corrected chi connectivity index (χ3v) is 5.94. The molecule has 1 aliphatic rings. The fourth-order valence-corrected chi connectivity index (χ4v) is 3.81. The Morgan fingerprint density at radius 3 is 2.48 bits per heavy atom. The molecule has 3 N–H and O–H groups in total. The van der Waals surface area contributed by atoms with Crippen LogP contribution >= 0.6 is 0 Å². The van der Waals surface area contributed by atoms with Crippen molar-refractivity contribution in [2.24, 2.45) is 5.41 Å². The van der Waals surface area contributed by atoms with Gasteiger partial charge in [0.1, 0.15) is 17.7 Å². The maximum atomic E-state index is 14.1. The summed E-state index contributed by atoms with van der Waals surface area (Å²) in [5.41, 5.74) is 0.639. The van der Waals surface area contributed by atoms with E-state index in [2.05, 4.69) is 15.6 Å². The Labute approximate surface area is 191 Å². The fourth-order valence-electron chi connectivity index (χ4n) is 3.81. The Bertz CT molecular complexity index is 1120. The lowest BCUT2D eigenvalue weighted by Gasteiger charge is -2.34. The molecule has 0 unspecified atom stereocenters. The van der Waals surface area contributed by atoms with Crippen molar-refractivity contribution >= 4 is 17.5 Å². The van der Waals surface area contributed by atoms with E-state index in [4.69, 9.17) is 0 Å². The van der Waals surface area contributed by atoms with Gasteiger partial charge in [-0.1, -0.05) is 26.8 Å². The second-order valence-electron chi connectivity index (χ2n) is 9.46. The molecule has 0 saturated heterocycles. The maximum absolute atomic E-state index is 14.1. The molecule has 0 spiro atoms. The first-order valence-electron chi connectivity index (χ1n) is 10.9. The van der Waals surface area contributed by atoms with Crippen LogP contribution in [0.25, 0.3) is 0 Å². The van der Waals surface area contributed by atoms with Crippen molar-refractivity contribution in [2.45, 2.75) is 52.6 Å². The summed E-state index contributed by atoms with van der Waals surface area (Å²) in [7, 11) is 1.66. The summed E-state index contributed by atoms with van der Waals surface area (Å²) in [5.74, 6) is -2.02. The van der Waals surface area contributed by atoms with Crippen LogP contribution in [-0.4, -0.2) is 42.5 Å². The van der Waals surface area contributed by atoms with E-state index in [0.29, 0.717) is 24.3 Å². The normalized spacial score (nSPS) is 15.2. The number of carbonyl (C=O) groups excluding carboxylic acids is 2. The largest absolute Gasteiger partial charge is 0.342 e. The van der Waals surface area contributed by atoms with Crippen molar-refractivity contribution in [3.05, 3.63) is 63.1 Å². The zero-order valence-corrected chi connectivity index (χ0v) is 19.5. The number of carbonyl (C=O) groups is 2. The zero-order chi connectivity index (χ0) is 24.5. The number of rotatable bonds is 6. The second kappa shape index (κ2) is 9.43. The Morgan fingerprint density at radius 2 is 1.88 bits per heavy atom. The van der Waals surface area contributed by atoms with Crippen molar-refractivity contribution in [1.82, 2.24) is 15.6 Å². The first-order chi connectivity index (χ1) is 15.4. The van der Waals surface area contributed by atoms with Crippen LogP contribution in [0.15, 0.2) is 29.1 Å². The standard InChI is InChI=1S/C24H30F2N4O3/c1-13(27-5)21(31)29-20(24(2,3)4)23(33)30-9-8-18-19(30)11-15(22(32)28-18)10-14-6-7-16(25)12-17(14)26/h6-7,11-13,20,27H,8-10H2,1-5H3,(H,28,32)(H,29,31)/t13-,20+/m0/s1. The van der Waals surface area contributed by atoms with E-state index in [0.717, 1.165) is 12.1 Å². The maximum Gasteiger partial charge on any atom is 0.251 e. The van der Waals surface area contributed by atoms with Gasteiger partial charge in [-0.15, -0.1) is 0 Å². The molecule has 2 atom stereocenters. The van der Waals surface area contributed by atoms with Gasteiger partial charge in [0.2, 0.25) is 11.8 Å². The predicted octanol–water partition coefficient (Wildman–Crippen LogP) is 2.27. The molecular formula is C24H30F2N4O3. The highest BCUT2D eigenvalue weighted by molar-refractivity contribution is 6.01. The summed E-state index contributed by atoms with van der Waals surface area (Å²) < 4.78 is 27.4. The van der Waals surface area contributed by atoms with Gasteiger partial charge in [-0.25, -0.2) is 8.78 Å². The van der Waals surface area contributed by atoms with Crippen molar-refractivity contribution in [3.8, 4) is 0 Å². The molecule has 1 aliphatic heterocycles. The molecule has 3 rings (SSSR count). The number of H-pyrrole nitrogens is 1. The molecule has 0 bridgehead atoms. The molecule has 9 heteroatoms. The number of nitrogens with zero attached hydrogens (tertiary/aromatic N) is 1. The molecule has 2 aromatic rings. The van der Waals surface area contributed by atoms with Crippen LogP contribution in [0.1, 0.15) is 44.5 Å². The summed E-state index contributed by atoms with van der Waals surface area (Å²) in [6.45, 7) is 7.66. The quantitative estimate of drug-likeness (QED) is 0.617. The van der Waals surface area contributed by atoms with Crippen molar-refractivity contribution < 1.29 is 18.4 Å². The van der Waals surface area contributed by atoms with Crippen LogP contribution < -0.4 is 21.1 Å². The number of fused-ring (bicyclic) bond motifs is 1. The number of likely N-dealkylation sites (N-methyl/N-ethyl adjacent to an activating group) is 1. The number of amides is 2. The van der Waals surface area contributed by atoms with Gasteiger partial charge in [0.05, 0.1) is 11.7 Å². The van der Waals surface area contributed by atoms with Gasteiger partial charge < -0.3 is 20.5 Å². The summed E-state index contributed by atoms with van der Waals surface area (Å²) in [5, 5.41) is 5.70. The van der Waals surface area contributed by atoms with Crippen LogP contribution in [0.3, 0.4) is 0 Å². The first kappa shape index (κ1) is 24.6. The number of aromatic nitrogens is 1. The third kappa shape index (κ3) is 5.30. The Morgan fingerprint density at radius 1 is 1.18 bits per heavy atom. The minimum absolute atomic E-state index is 0.0458. The molecule has 0 saturated carbocycles. The fraction of sp³-hybridized carbons (Fsp3) is 0.458. The number of nitrogens with one attached hydrogen (secondary N) is 3. The minimum atomic E-state index is -0.795. The average molecular weight is 461 g/mol. The predicted molar refractivity (Wildman–Crippen MR) is 122 cm³/mol. The van der Waals surface area contributed by atoms with Crippen LogP contribution in [0, 0.1) is 17.0 Å². The van der Waals surface area contributed by atoms with Gasteiger partial charge in [0.25, 0.3) is 5.56 Å². The lowest BCUT2D eigenvalue weighted by molar-refractivity contribution is -0.130. The first-order valence-corrected chi connectivity index (χ1v) is 10.9. The van der Waals surface area contributed by atoms with E-state index in [1.54, 1.807) is 24.9 Å². The lowest BCUT2D eigenvalue weighted by Crippen LogP contribution is -2.57. The molecule has 2 amide bonds. The van der Waals surface area contributed by atoms with Crippen LogP contribution in [-0.2, 0) is 22.4 Å². The molecular weight excluding hydrogens is 430 g/mol. The SMILES string of the molecule is CN[C@@H](C)C(=O)N[C@H](C(=O)N1CCc2[nH]c(=O)c(Cc3ccc(F)cc3F)cc21)C(C)(C)C. The third-order valence-electron chi connectivity index (χ3n) is 5.94. The summed E-state index contributed by atoms with van der Waals surface area (Å²) in [6.07, 6.45) is 0.412. The topological polar surface area (TPSA) is 94.3 Å². The van der Waals surface area contributed by atoms with E-state index >= 15 is 0 Å². The molecule has 1 aromatic heterocycles. The molecule has 0 radical (unpaired) electrons. The Balaban J connectivity index is 1.92. The highest BCUT2D eigenvalue weighted by Gasteiger charge is 2.39. The van der Waals surface area contributed by atoms with Gasteiger partial charge in [0, 0.05) is 36.7 Å². The second-order valence-corrected chi connectivity index (χ2v) is 9.46. The van der Waals surface area contributed by atoms with Gasteiger partial charge in [-0.05, 0) is 37.1 Å². The molecule has 7 nitrogen and oxygen atoms in total. The molecule has 1 aromatic carbocycles.